The summed E-state index contributed by atoms with van der Waals surface area (Å²) in [5, 5.41) is 3.71. The van der Waals surface area contributed by atoms with Crippen LogP contribution in [0.2, 0.25) is 0 Å². The zero-order valence-electron chi connectivity index (χ0n) is 19.4. The second-order valence-corrected chi connectivity index (χ2v) is 10.7. The summed E-state index contributed by atoms with van der Waals surface area (Å²) in [6.07, 6.45) is 2.39. The van der Waals surface area contributed by atoms with Crippen molar-refractivity contribution >= 4 is 34.5 Å². The fourth-order valence-electron chi connectivity index (χ4n) is 4.73. The molecule has 0 radical (unpaired) electrons. The van der Waals surface area contributed by atoms with Crippen LogP contribution < -0.4 is 10.7 Å². The maximum absolute atomic E-state index is 13.5. The second-order valence-electron chi connectivity index (χ2n) is 9.28. The van der Waals surface area contributed by atoms with E-state index in [-0.39, 0.29) is 28.8 Å². The molecule has 1 aliphatic carbocycles. The van der Waals surface area contributed by atoms with Crippen LogP contribution in [-0.4, -0.2) is 29.9 Å². The van der Waals surface area contributed by atoms with Gasteiger partial charge in [0.05, 0.1) is 23.1 Å². The van der Waals surface area contributed by atoms with Gasteiger partial charge in [0.2, 0.25) is 0 Å². The summed E-state index contributed by atoms with van der Waals surface area (Å²) in [4.78, 5) is 40.1. The number of nitrogens with one attached hydrogen (secondary N) is 1. The standard InChI is InChI=1S/C26H29NO5S/c1-5-33-11-10-31-25(30)21-15(2)27-18-12-26(3,4)13-19(28)23(18)22(21)17-14-32-20-9-7-6-8-16(20)24(17)29/h6-9,14,22,27H,5,10-13H2,1-4H3/t22-/m1/s1. The fourth-order valence-corrected chi connectivity index (χ4v) is 5.22. The lowest BCUT2D eigenvalue weighted by Gasteiger charge is -2.39. The lowest BCUT2D eigenvalue weighted by atomic mass is 9.68. The Bertz CT molecular complexity index is 1240. The summed E-state index contributed by atoms with van der Waals surface area (Å²) in [5.74, 6) is 0.217. The normalized spacial score (nSPS) is 20.0. The number of Topliss-reactive ketones (excluding diaryl/α,β-unsaturated/α-hetero) is 1. The molecule has 0 fully saturated rings. The number of ether oxygens (including phenoxy) is 1. The number of para-hydroxylation sites is 1. The van der Waals surface area contributed by atoms with Crippen molar-refractivity contribution in [3.8, 4) is 0 Å². The van der Waals surface area contributed by atoms with Crippen LogP contribution in [0.15, 0.2) is 62.3 Å². The summed E-state index contributed by atoms with van der Waals surface area (Å²) in [7, 11) is 0. The van der Waals surface area contributed by atoms with Crippen LogP contribution in [0.4, 0.5) is 0 Å². The smallest absolute Gasteiger partial charge is 0.336 e. The van der Waals surface area contributed by atoms with E-state index in [9.17, 15) is 14.4 Å². The molecule has 0 saturated carbocycles. The number of hydrogen-bond donors (Lipinski definition) is 1. The second kappa shape index (κ2) is 9.21. The molecule has 33 heavy (non-hydrogen) atoms. The molecule has 1 atom stereocenters. The van der Waals surface area contributed by atoms with E-state index in [0.29, 0.717) is 46.4 Å². The molecule has 0 spiro atoms. The largest absolute Gasteiger partial charge is 0.464 e. The average molecular weight is 468 g/mol. The number of dihydropyridines is 1. The molecule has 0 bridgehead atoms. The van der Waals surface area contributed by atoms with Crippen LogP contribution in [0.3, 0.4) is 0 Å². The number of fused-ring (bicyclic) bond motifs is 1. The summed E-state index contributed by atoms with van der Waals surface area (Å²) in [5.41, 5.74) is 2.43. The van der Waals surface area contributed by atoms with E-state index in [1.807, 2.05) is 20.8 Å². The summed E-state index contributed by atoms with van der Waals surface area (Å²) in [6, 6.07) is 6.99. The van der Waals surface area contributed by atoms with Gasteiger partial charge < -0.3 is 14.5 Å². The van der Waals surface area contributed by atoms with E-state index in [2.05, 4.69) is 5.32 Å². The topological polar surface area (TPSA) is 85.6 Å². The van der Waals surface area contributed by atoms with Crippen LogP contribution in [0.5, 0.6) is 0 Å². The van der Waals surface area contributed by atoms with Crippen LogP contribution in [0.25, 0.3) is 11.0 Å². The molecule has 4 rings (SSSR count). The highest BCUT2D eigenvalue weighted by atomic mass is 32.2. The molecule has 6 nitrogen and oxygen atoms in total. The van der Waals surface area contributed by atoms with Gasteiger partial charge in [-0.1, -0.05) is 32.9 Å². The number of hydrogen-bond acceptors (Lipinski definition) is 7. The SMILES string of the molecule is CCSCCOC(=O)C1=C(C)NC2=C(C(=O)CC(C)(C)C2)[C@@H]1c1coc2ccccc2c1=O. The van der Waals surface area contributed by atoms with Crippen molar-refractivity contribution in [1.82, 2.24) is 5.32 Å². The molecule has 174 valence electrons. The van der Waals surface area contributed by atoms with Gasteiger partial charge in [-0.05, 0) is 36.6 Å². The van der Waals surface area contributed by atoms with E-state index >= 15 is 0 Å². The van der Waals surface area contributed by atoms with Gasteiger partial charge in [-0.2, -0.15) is 11.8 Å². The monoisotopic (exact) mass is 467 g/mol. The first-order valence-corrected chi connectivity index (χ1v) is 12.4. The molecular weight excluding hydrogens is 438 g/mol. The van der Waals surface area contributed by atoms with Crippen molar-refractivity contribution in [2.24, 2.45) is 5.41 Å². The summed E-state index contributed by atoms with van der Waals surface area (Å²) >= 11 is 1.68. The lowest BCUT2D eigenvalue weighted by Crippen LogP contribution is -2.39. The molecule has 0 amide bonds. The van der Waals surface area contributed by atoms with Crippen molar-refractivity contribution in [2.75, 3.05) is 18.1 Å². The third-order valence-electron chi connectivity index (χ3n) is 6.14. The van der Waals surface area contributed by atoms with Gasteiger partial charge in [0, 0.05) is 34.7 Å². The Labute approximate surface area is 197 Å². The number of thioether (sulfide) groups is 1. The fraction of sp³-hybridized carbons (Fsp3) is 0.423. The average Bonchev–Trinajstić information content (AvgIpc) is 2.75. The van der Waals surface area contributed by atoms with Gasteiger partial charge in [-0.15, -0.1) is 0 Å². The Morgan fingerprint density at radius 3 is 2.76 bits per heavy atom. The minimum absolute atomic E-state index is 0.0642. The number of rotatable bonds is 6. The molecule has 1 N–H and O–H groups in total. The molecular formula is C26H29NO5S. The van der Waals surface area contributed by atoms with Crippen molar-refractivity contribution in [3.05, 3.63) is 68.9 Å². The molecule has 0 unspecified atom stereocenters. The van der Waals surface area contributed by atoms with E-state index in [0.717, 1.165) is 11.4 Å². The maximum Gasteiger partial charge on any atom is 0.336 e. The van der Waals surface area contributed by atoms with Crippen LogP contribution >= 0.6 is 11.8 Å². The zero-order chi connectivity index (χ0) is 23.8. The van der Waals surface area contributed by atoms with E-state index in [4.69, 9.17) is 9.15 Å². The van der Waals surface area contributed by atoms with Gasteiger partial charge in [-0.3, -0.25) is 9.59 Å². The molecule has 2 aromatic rings. The molecule has 7 heteroatoms. The molecule has 2 heterocycles. The van der Waals surface area contributed by atoms with Gasteiger partial charge in [-0.25, -0.2) is 4.79 Å². The first kappa shape index (κ1) is 23.4. The zero-order valence-corrected chi connectivity index (χ0v) is 20.3. The molecule has 1 aromatic heterocycles. The quantitative estimate of drug-likeness (QED) is 0.487. The van der Waals surface area contributed by atoms with Crippen molar-refractivity contribution in [1.29, 1.82) is 0 Å². The van der Waals surface area contributed by atoms with Crippen LogP contribution in [-0.2, 0) is 14.3 Å². The Morgan fingerprint density at radius 1 is 1.24 bits per heavy atom. The Balaban J connectivity index is 1.85. The Hall–Kier alpha value is -2.80. The number of carbonyl (C=O) groups is 2. The number of ketones is 1. The number of esters is 1. The number of allylic oxidation sites excluding steroid dienone is 3. The highest BCUT2D eigenvalue weighted by Crippen LogP contribution is 2.46. The van der Waals surface area contributed by atoms with Gasteiger partial charge in [0.1, 0.15) is 12.2 Å². The van der Waals surface area contributed by atoms with Crippen LogP contribution in [0, 0.1) is 5.41 Å². The minimum atomic E-state index is -0.822. The molecule has 0 saturated heterocycles. The van der Waals surface area contributed by atoms with Crippen molar-refractivity contribution < 1.29 is 18.7 Å². The Morgan fingerprint density at radius 2 is 2.00 bits per heavy atom. The molecule has 1 aromatic carbocycles. The van der Waals surface area contributed by atoms with E-state index < -0.39 is 11.9 Å². The maximum atomic E-state index is 13.5. The summed E-state index contributed by atoms with van der Waals surface area (Å²) in [6.45, 7) is 8.19. The van der Waals surface area contributed by atoms with Gasteiger partial charge >= 0.3 is 5.97 Å². The predicted octanol–water partition coefficient (Wildman–Crippen LogP) is 4.69. The van der Waals surface area contributed by atoms with E-state index in [1.165, 1.54) is 6.26 Å². The van der Waals surface area contributed by atoms with Gasteiger partial charge in [0.15, 0.2) is 11.2 Å². The third-order valence-corrected chi connectivity index (χ3v) is 7.01. The van der Waals surface area contributed by atoms with Crippen molar-refractivity contribution in [2.45, 2.75) is 46.5 Å². The minimum Gasteiger partial charge on any atom is -0.464 e. The first-order valence-electron chi connectivity index (χ1n) is 11.2. The van der Waals surface area contributed by atoms with Crippen molar-refractivity contribution in [3.63, 3.8) is 0 Å². The highest BCUT2D eigenvalue weighted by Gasteiger charge is 2.44. The first-order chi connectivity index (χ1) is 15.7. The summed E-state index contributed by atoms with van der Waals surface area (Å²) < 4.78 is 11.3. The predicted molar refractivity (Wildman–Crippen MR) is 130 cm³/mol. The third kappa shape index (κ3) is 4.51. The lowest BCUT2D eigenvalue weighted by molar-refractivity contribution is -0.138. The van der Waals surface area contributed by atoms with E-state index in [1.54, 1.807) is 43.0 Å². The molecule has 1 aliphatic heterocycles. The number of carbonyl (C=O) groups excluding carboxylic acids is 2. The van der Waals surface area contributed by atoms with Crippen LogP contribution in [0.1, 0.15) is 52.0 Å². The Kier molecular flexibility index (Phi) is 6.52. The number of benzene rings is 1. The molecule has 2 aliphatic rings. The van der Waals surface area contributed by atoms with Gasteiger partial charge in [0.25, 0.3) is 0 Å². The highest BCUT2D eigenvalue weighted by molar-refractivity contribution is 7.99.